The molecule has 0 radical (unpaired) electrons. The minimum atomic E-state index is 0.417. The van der Waals surface area contributed by atoms with Gasteiger partial charge in [0.1, 0.15) is 0 Å². The van der Waals surface area contributed by atoms with E-state index in [0.717, 1.165) is 38.9 Å². The van der Waals surface area contributed by atoms with Gasteiger partial charge >= 0.3 is 0 Å². The van der Waals surface area contributed by atoms with E-state index in [1.165, 1.54) is 11.1 Å². The first-order valence-electron chi connectivity index (χ1n) is 7.78. The number of hydrogen-bond donors (Lipinski definition) is 1. The van der Waals surface area contributed by atoms with E-state index in [2.05, 4.69) is 48.5 Å². The van der Waals surface area contributed by atoms with Gasteiger partial charge in [0.15, 0.2) is 0 Å². The molecule has 0 spiro atoms. The van der Waals surface area contributed by atoms with Crippen molar-refractivity contribution in [2.24, 2.45) is 0 Å². The fraction of sp³-hybridized carbons (Fsp3) is 0.647. The minimum Gasteiger partial charge on any atom is -0.381 e. The molecule has 0 aliphatic carbocycles. The molecule has 1 aromatic rings. The molecule has 1 aliphatic rings. The minimum absolute atomic E-state index is 0.417. The van der Waals surface area contributed by atoms with Crippen LogP contribution in [0.15, 0.2) is 24.3 Å². The summed E-state index contributed by atoms with van der Waals surface area (Å²) in [5.74, 6) is 0. The summed E-state index contributed by atoms with van der Waals surface area (Å²) in [7, 11) is 3.88. The lowest BCUT2D eigenvalue weighted by atomic mass is 10.0. The van der Waals surface area contributed by atoms with E-state index in [9.17, 15) is 0 Å². The summed E-state index contributed by atoms with van der Waals surface area (Å²) in [6.45, 7) is 5.57. The van der Waals surface area contributed by atoms with Gasteiger partial charge in [0.25, 0.3) is 0 Å². The van der Waals surface area contributed by atoms with Crippen molar-refractivity contribution >= 4 is 0 Å². The number of ether oxygens (including phenoxy) is 1. The van der Waals surface area contributed by atoms with Crippen molar-refractivity contribution in [3.63, 3.8) is 0 Å². The number of hydrogen-bond acceptors (Lipinski definition) is 3. The van der Waals surface area contributed by atoms with Gasteiger partial charge in [0.2, 0.25) is 0 Å². The third kappa shape index (κ3) is 4.05. The van der Waals surface area contributed by atoms with Crippen LogP contribution in [0.3, 0.4) is 0 Å². The largest absolute Gasteiger partial charge is 0.381 e. The van der Waals surface area contributed by atoms with Gasteiger partial charge < -0.3 is 15.0 Å². The highest BCUT2D eigenvalue weighted by atomic mass is 16.5. The Kier molecular flexibility index (Phi) is 6.02. The monoisotopic (exact) mass is 276 g/mol. The van der Waals surface area contributed by atoms with Gasteiger partial charge in [-0.25, -0.2) is 0 Å². The molecule has 3 nitrogen and oxygen atoms in total. The summed E-state index contributed by atoms with van der Waals surface area (Å²) < 4.78 is 5.44. The molecule has 0 bridgehead atoms. The highest BCUT2D eigenvalue weighted by molar-refractivity contribution is 5.25. The van der Waals surface area contributed by atoms with E-state index in [1.54, 1.807) is 0 Å². The fourth-order valence-corrected chi connectivity index (χ4v) is 2.93. The molecule has 1 heterocycles. The molecule has 1 atom stereocenters. The normalized spacial score (nSPS) is 19.1. The molecule has 0 amide bonds. The molecule has 0 saturated carbocycles. The molecule has 1 fully saturated rings. The van der Waals surface area contributed by atoms with Crippen molar-refractivity contribution in [2.75, 3.05) is 33.8 Å². The molecule has 1 aromatic carbocycles. The number of piperidine rings is 1. The van der Waals surface area contributed by atoms with Crippen LogP contribution < -0.4 is 5.32 Å². The summed E-state index contributed by atoms with van der Waals surface area (Å²) in [6, 6.07) is 9.44. The van der Waals surface area contributed by atoms with Crippen LogP contribution in [0, 0.1) is 0 Å². The van der Waals surface area contributed by atoms with Gasteiger partial charge in [-0.1, -0.05) is 31.2 Å². The van der Waals surface area contributed by atoms with E-state index < -0.39 is 0 Å². The SMILES string of the molecule is CCc1ccc(C(CN2CCC(OC)CC2)NC)cc1. The predicted molar refractivity (Wildman–Crippen MR) is 84.1 cm³/mol. The predicted octanol–water partition coefficient (Wildman–Crippen LogP) is 2.62. The quantitative estimate of drug-likeness (QED) is 0.864. The number of likely N-dealkylation sites (tertiary alicyclic amines) is 1. The van der Waals surface area contributed by atoms with Gasteiger partial charge in [-0.2, -0.15) is 0 Å². The Bertz CT molecular complexity index is 382. The van der Waals surface area contributed by atoms with Gasteiger partial charge in [-0.15, -0.1) is 0 Å². The first-order chi connectivity index (χ1) is 9.76. The summed E-state index contributed by atoms with van der Waals surface area (Å²) >= 11 is 0. The first-order valence-corrected chi connectivity index (χ1v) is 7.78. The van der Waals surface area contributed by atoms with E-state index in [-0.39, 0.29) is 0 Å². The van der Waals surface area contributed by atoms with Crippen molar-refractivity contribution < 1.29 is 4.74 Å². The van der Waals surface area contributed by atoms with Crippen LogP contribution in [0.25, 0.3) is 0 Å². The Morgan fingerprint density at radius 2 is 1.90 bits per heavy atom. The molecule has 2 rings (SSSR count). The summed E-state index contributed by atoms with van der Waals surface area (Å²) in [5, 5.41) is 3.46. The Morgan fingerprint density at radius 1 is 1.25 bits per heavy atom. The molecule has 3 heteroatoms. The van der Waals surface area contributed by atoms with Crippen LogP contribution in [0.4, 0.5) is 0 Å². The standard InChI is InChI=1S/C17H28N2O/c1-4-14-5-7-15(8-6-14)17(18-2)13-19-11-9-16(20-3)10-12-19/h5-8,16-18H,4,9-13H2,1-3H3. The number of methoxy groups -OCH3 is 1. The van der Waals surface area contributed by atoms with E-state index in [4.69, 9.17) is 4.74 Å². The zero-order chi connectivity index (χ0) is 14.4. The lowest BCUT2D eigenvalue weighted by Gasteiger charge is -2.33. The van der Waals surface area contributed by atoms with Crippen LogP contribution in [0.2, 0.25) is 0 Å². The molecule has 1 N–H and O–H groups in total. The number of nitrogens with zero attached hydrogens (tertiary/aromatic N) is 1. The Hall–Kier alpha value is -0.900. The molecule has 1 unspecified atom stereocenters. The van der Waals surface area contributed by atoms with Crippen LogP contribution in [0.5, 0.6) is 0 Å². The molecule has 112 valence electrons. The van der Waals surface area contributed by atoms with Crippen LogP contribution in [-0.2, 0) is 11.2 Å². The average molecular weight is 276 g/mol. The second kappa shape index (κ2) is 7.77. The average Bonchev–Trinajstić information content (AvgIpc) is 2.53. The van der Waals surface area contributed by atoms with Crippen LogP contribution in [-0.4, -0.2) is 44.8 Å². The van der Waals surface area contributed by atoms with E-state index in [0.29, 0.717) is 12.1 Å². The van der Waals surface area contributed by atoms with Gasteiger partial charge in [-0.05, 0) is 37.4 Å². The maximum atomic E-state index is 5.44. The molecular weight excluding hydrogens is 248 g/mol. The number of aryl methyl sites for hydroxylation is 1. The number of nitrogens with one attached hydrogen (secondary N) is 1. The maximum Gasteiger partial charge on any atom is 0.0595 e. The lowest BCUT2D eigenvalue weighted by molar-refractivity contribution is 0.0386. The number of benzene rings is 1. The lowest BCUT2D eigenvalue weighted by Crippen LogP contribution is -2.41. The zero-order valence-electron chi connectivity index (χ0n) is 13.1. The zero-order valence-corrected chi connectivity index (χ0v) is 13.1. The maximum absolute atomic E-state index is 5.44. The smallest absolute Gasteiger partial charge is 0.0595 e. The Labute approximate surface area is 123 Å². The third-order valence-electron chi connectivity index (χ3n) is 4.45. The second-order valence-corrected chi connectivity index (χ2v) is 5.67. The first kappa shape index (κ1) is 15.5. The molecule has 20 heavy (non-hydrogen) atoms. The van der Waals surface area contributed by atoms with Gasteiger partial charge in [0.05, 0.1) is 6.10 Å². The highest BCUT2D eigenvalue weighted by Crippen LogP contribution is 2.19. The third-order valence-corrected chi connectivity index (χ3v) is 4.45. The van der Waals surface area contributed by atoms with E-state index in [1.807, 2.05) is 7.11 Å². The molecule has 0 aromatic heterocycles. The van der Waals surface area contributed by atoms with Crippen molar-refractivity contribution in [1.29, 1.82) is 0 Å². The Balaban J connectivity index is 1.91. The van der Waals surface area contributed by atoms with Crippen LogP contribution >= 0.6 is 0 Å². The van der Waals surface area contributed by atoms with Crippen LogP contribution in [0.1, 0.15) is 36.9 Å². The van der Waals surface area contributed by atoms with Gasteiger partial charge in [0, 0.05) is 32.8 Å². The topological polar surface area (TPSA) is 24.5 Å². The molecule has 1 aliphatic heterocycles. The summed E-state index contributed by atoms with van der Waals surface area (Å²) in [5.41, 5.74) is 2.79. The Morgan fingerprint density at radius 3 is 2.40 bits per heavy atom. The summed E-state index contributed by atoms with van der Waals surface area (Å²) in [4.78, 5) is 2.55. The molecular formula is C17H28N2O. The summed E-state index contributed by atoms with van der Waals surface area (Å²) in [6.07, 6.45) is 3.88. The highest BCUT2D eigenvalue weighted by Gasteiger charge is 2.21. The number of rotatable bonds is 6. The van der Waals surface area contributed by atoms with Crippen molar-refractivity contribution in [3.8, 4) is 0 Å². The van der Waals surface area contributed by atoms with Gasteiger partial charge in [-0.3, -0.25) is 0 Å². The number of likely N-dealkylation sites (N-methyl/N-ethyl adjacent to an activating group) is 1. The second-order valence-electron chi connectivity index (χ2n) is 5.67. The van der Waals surface area contributed by atoms with E-state index >= 15 is 0 Å². The van der Waals surface area contributed by atoms with Crippen molar-refractivity contribution in [2.45, 2.75) is 38.3 Å². The fourth-order valence-electron chi connectivity index (χ4n) is 2.93. The van der Waals surface area contributed by atoms with Crippen molar-refractivity contribution in [1.82, 2.24) is 10.2 Å². The molecule has 1 saturated heterocycles. The van der Waals surface area contributed by atoms with Crippen molar-refractivity contribution in [3.05, 3.63) is 35.4 Å².